The molecule has 0 heterocycles. The fourth-order valence-corrected chi connectivity index (χ4v) is 2.84. The van der Waals surface area contributed by atoms with Crippen LogP contribution in [0.5, 0.6) is 0 Å². The Morgan fingerprint density at radius 1 is 1.32 bits per heavy atom. The summed E-state index contributed by atoms with van der Waals surface area (Å²) in [5.41, 5.74) is 4.18. The lowest BCUT2D eigenvalue weighted by Crippen LogP contribution is -2.35. The van der Waals surface area contributed by atoms with Crippen molar-refractivity contribution in [2.45, 2.75) is 52.2 Å². The lowest BCUT2D eigenvalue weighted by Gasteiger charge is -2.29. The van der Waals surface area contributed by atoms with Crippen molar-refractivity contribution >= 4 is 0 Å². The molecule has 0 bridgehead atoms. The molecule has 1 aromatic carbocycles. The first-order valence-electron chi connectivity index (χ1n) is 7.51. The zero-order valence-electron chi connectivity index (χ0n) is 12.7. The van der Waals surface area contributed by atoms with Crippen LogP contribution in [0.25, 0.3) is 0 Å². The SMILES string of the molecule is CCCNC(c1cccc(C)c1C)C(OC)C1CC1. The fourth-order valence-electron chi connectivity index (χ4n) is 2.84. The Bertz CT molecular complexity index is 412. The third-order valence-corrected chi connectivity index (χ3v) is 4.28. The molecule has 0 aromatic heterocycles. The van der Waals surface area contributed by atoms with Crippen LogP contribution in [-0.4, -0.2) is 19.8 Å². The summed E-state index contributed by atoms with van der Waals surface area (Å²) < 4.78 is 5.82. The van der Waals surface area contributed by atoms with Gasteiger partial charge in [-0.2, -0.15) is 0 Å². The van der Waals surface area contributed by atoms with Gasteiger partial charge in [-0.15, -0.1) is 0 Å². The Balaban J connectivity index is 2.27. The van der Waals surface area contributed by atoms with Gasteiger partial charge in [-0.3, -0.25) is 0 Å². The monoisotopic (exact) mass is 261 g/mol. The first kappa shape index (κ1) is 14.5. The Morgan fingerprint density at radius 2 is 2.05 bits per heavy atom. The van der Waals surface area contributed by atoms with Gasteiger partial charge in [0.15, 0.2) is 0 Å². The summed E-state index contributed by atoms with van der Waals surface area (Å²) in [5.74, 6) is 0.735. The number of nitrogens with one attached hydrogen (secondary N) is 1. The largest absolute Gasteiger partial charge is 0.379 e. The van der Waals surface area contributed by atoms with Crippen LogP contribution in [0, 0.1) is 19.8 Å². The van der Waals surface area contributed by atoms with Crippen LogP contribution < -0.4 is 5.32 Å². The second kappa shape index (κ2) is 6.53. The lowest BCUT2D eigenvalue weighted by atomic mass is 9.92. The number of benzene rings is 1. The van der Waals surface area contributed by atoms with Crippen molar-refractivity contribution in [3.05, 3.63) is 34.9 Å². The summed E-state index contributed by atoms with van der Waals surface area (Å²) in [5, 5.41) is 3.70. The van der Waals surface area contributed by atoms with E-state index in [4.69, 9.17) is 4.74 Å². The molecule has 0 amide bonds. The summed E-state index contributed by atoms with van der Waals surface area (Å²) in [6.45, 7) is 7.68. The van der Waals surface area contributed by atoms with E-state index < -0.39 is 0 Å². The van der Waals surface area contributed by atoms with Crippen LogP contribution in [0.2, 0.25) is 0 Å². The van der Waals surface area contributed by atoms with Gasteiger partial charge in [0.2, 0.25) is 0 Å². The lowest BCUT2D eigenvalue weighted by molar-refractivity contribution is 0.0505. The molecule has 2 rings (SSSR count). The predicted molar refractivity (Wildman–Crippen MR) is 80.5 cm³/mol. The highest BCUT2D eigenvalue weighted by Gasteiger charge is 2.37. The van der Waals surface area contributed by atoms with Gasteiger partial charge in [-0.1, -0.05) is 25.1 Å². The van der Waals surface area contributed by atoms with Gasteiger partial charge in [-0.25, -0.2) is 0 Å². The molecule has 2 atom stereocenters. The maximum atomic E-state index is 5.82. The topological polar surface area (TPSA) is 21.3 Å². The molecule has 1 fully saturated rings. The molecule has 0 saturated heterocycles. The first-order valence-corrected chi connectivity index (χ1v) is 7.51. The van der Waals surface area contributed by atoms with Crippen LogP contribution in [-0.2, 0) is 4.74 Å². The summed E-state index contributed by atoms with van der Waals surface area (Å²) in [7, 11) is 1.86. The van der Waals surface area contributed by atoms with Gasteiger partial charge >= 0.3 is 0 Å². The molecule has 1 aliphatic rings. The molecule has 0 spiro atoms. The quantitative estimate of drug-likeness (QED) is 0.806. The highest BCUT2D eigenvalue weighted by molar-refractivity contribution is 5.36. The Morgan fingerprint density at radius 3 is 2.63 bits per heavy atom. The number of ether oxygens (including phenoxy) is 1. The Kier molecular flexibility index (Phi) is 5.00. The predicted octanol–water partition coefficient (Wildman–Crippen LogP) is 3.77. The molecule has 19 heavy (non-hydrogen) atoms. The smallest absolute Gasteiger partial charge is 0.0794 e. The van der Waals surface area contributed by atoms with Gasteiger partial charge in [-0.05, 0) is 62.3 Å². The summed E-state index contributed by atoms with van der Waals surface area (Å²) in [6.07, 6.45) is 4.09. The summed E-state index contributed by atoms with van der Waals surface area (Å²) >= 11 is 0. The van der Waals surface area contributed by atoms with E-state index >= 15 is 0 Å². The van der Waals surface area contributed by atoms with Crippen molar-refractivity contribution in [2.75, 3.05) is 13.7 Å². The molecular formula is C17H27NO. The molecule has 1 aromatic rings. The molecule has 2 nitrogen and oxygen atoms in total. The standard InChI is InChI=1S/C17H27NO/c1-5-11-18-16(17(19-4)14-9-10-14)15-8-6-7-12(2)13(15)3/h6-8,14,16-18H,5,9-11H2,1-4H3. The number of methoxy groups -OCH3 is 1. The van der Waals surface area contributed by atoms with Gasteiger partial charge in [0, 0.05) is 7.11 Å². The normalized spacial score (nSPS) is 18.3. The van der Waals surface area contributed by atoms with Crippen LogP contribution in [0.15, 0.2) is 18.2 Å². The molecular weight excluding hydrogens is 234 g/mol. The molecule has 1 aliphatic carbocycles. The molecule has 1 N–H and O–H groups in total. The second-order valence-corrected chi connectivity index (χ2v) is 5.76. The third-order valence-electron chi connectivity index (χ3n) is 4.28. The minimum atomic E-state index is 0.312. The maximum absolute atomic E-state index is 5.82. The molecule has 1 saturated carbocycles. The van der Waals surface area contributed by atoms with E-state index in [0.29, 0.717) is 12.1 Å². The van der Waals surface area contributed by atoms with Crippen molar-refractivity contribution in [1.82, 2.24) is 5.32 Å². The summed E-state index contributed by atoms with van der Waals surface area (Å²) in [4.78, 5) is 0. The average Bonchev–Trinajstić information content (AvgIpc) is 3.23. The number of rotatable bonds is 7. The van der Waals surface area contributed by atoms with E-state index in [9.17, 15) is 0 Å². The van der Waals surface area contributed by atoms with Gasteiger partial charge in [0.05, 0.1) is 12.1 Å². The van der Waals surface area contributed by atoms with Crippen LogP contribution in [0.1, 0.15) is 48.9 Å². The van der Waals surface area contributed by atoms with E-state index in [-0.39, 0.29) is 0 Å². The maximum Gasteiger partial charge on any atom is 0.0794 e. The Hall–Kier alpha value is -0.860. The van der Waals surface area contributed by atoms with Crippen LogP contribution in [0.4, 0.5) is 0 Å². The zero-order chi connectivity index (χ0) is 13.8. The van der Waals surface area contributed by atoms with E-state index in [2.05, 4.69) is 44.3 Å². The minimum absolute atomic E-state index is 0.312. The third kappa shape index (κ3) is 3.37. The first-order chi connectivity index (χ1) is 9.19. The number of hydrogen-bond donors (Lipinski definition) is 1. The average molecular weight is 261 g/mol. The molecule has 2 unspecified atom stereocenters. The van der Waals surface area contributed by atoms with Crippen molar-refractivity contribution in [3.63, 3.8) is 0 Å². The van der Waals surface area contributed by atoms with E-state index in [1.807, 2.05) is 7.11 Å². The molecule has 106 valence electrons. The van der Waals surface area contributed by atoms with Crippen molar-refractivity contribution in [3.8, 4) is 0 Å². The Labute approximate surface area is 117 Å². The van der Waals surface area contributed by atoms with E-state index in [0.717, 1.165) is 18.9 Å². The van der Waals surface area contributed by atoms with Gasteiger partial charge in [0.1, 0.15) is 0 Å². The molecule has 0 aliphatic heterocycles. The van der Waals surface area contributed by atoms with E-state index in [1.165, 1.54) is 29.5 Å². The molecule has 2 heteroatoms. The van der Waals surface area contributed by atoms with Crippen molar-refractivity contribution in [1.29, 1.82) is 0 Å². The summed E-state index contributed by atoms with van der Waals surface area (Å²) in [6, 6.07) is 6.94. The van der Waals surface area contributed by atoms with Gasteiger partial charge in [0.25, 0.3) is 0 Å². The minimum Gasteiger partial charge on any atom is -0.379 e. The van der Waals surface area contributed by atoms with Gasteiger partial charge < -0.3 is 10.1 Å². The highest BCUT2D eigenvalue weighted by Crippen LogP contribution is 2.40. The zero-order valence-corrected chi connectivity index (χ0v) is 12.7. The van der Waals surface area contributed by atoms with Crippen LogP contribution >= 0.6 is 0 Å². The van der Waals surface area contributed by atoms with Crippen molar-refractivity contribution < 1.29 is 4.74 Å². The van der Waals surface area contributed by atoms with Crippen molar-refractivity contribution in [2.24, 2.45) is 5.92 Å². The highest BCUT2D eigenvalue weighted by atomic mass is 16.5. The van der Waals surface area contributed by atoms with E-state index in [1.54, 1.807) is 0 Å². The van der Waals surface area contributed by atoms with Crippen LogP contribution in [0.3, 0.4) is 0 Å². The second-order valence-electron chi connectivity index (χ2n) is 5.76. The number of aryl methyl sites for hydroxylation is 1. The molecule has 0 radical (unpaired) electrons. The fraction of sp³-hybridized carbons (Fsp3) is 0.647. The number of hydrogen-bond acceptors (Lipinski definition) is 2.